The summed E-state index contributed by atoms with van der Waals surface area (Å²) < 4.78 is 10.7. The minimum absolute atomic E-state index is 0.216. The molecule has 1 atom stereocenters. The lowest BCUT2D eigenvalue weighted by Crippen LogP contribution is -2.32. The fraction of sp³-hybridized carbons (Fsp3) is 0.400. The summed E-state index contributed by atoms with van der Waals surface area (Å²) in [5, 5.41) is 17.7. The van der Waals surface area contributed by atoms with Crippen molar-refractivity contribution in [1.29, 1.82) is 0 Å². The summed E-state index contributed by atoms with van der Waals surface area (Å²) in [6.07, 6.45) is 1.26. The third kappa shape index (κ3) is 2.71. The molecule has 1 aliphatic heterocycles. The lowest BCUT2D eigenvalue weighted by Gasteiger charge is -2.26. The molecule has 1 heterocycles. The van der Waals surface area contributed by atoms with E-state index in [0.29, 0.717) is 12.1 Å². The first-order valence-corrected chi connectivity index (χ1v) is 4.96. The van der Waals surface area contributed by atoms with Crippen LogP contribution in [-0.4, -0.2) is 36.5 Å². The second-order valence-corrected chi connectivity index (χ2v) is 3.54. The van der Waals surface area contributed by atoms with Crippen LogP contribution in [0, 0.1) is 0 Å². The topological polar surface area (TPSA) is 58.9 Å². The van der Waals surface area contributed by atoms with Crippen LogP contribution in [0.25, 0.3) is 0 Å². The molecule has 1 fully saturated rings. The Morgan fingerprint density at radius 3 is 2.47 bits per heavy atom. The van der Waals surface area contributed by atoms with Crippen molar-refractivity contribution in [3.63, 3.8) is 0 Å². The number of ether oxygens (including phenoxy) is 2. The van der Waals surface area contributed by atoms with Crippen LogP contribution in [-0.2, 0) is 4.74 Å². The zero-order valence-corrected chi connectivity index (χ0v) is 8.30. The van der Waals surface area contributed by atoms with Crippen molar-refractivity contribution >= 4 is 12.6 Å². The molecule has 15 heavy (non-hydrogen) atoms. The largest absolute Gasteiger partial charge is 0.491 e. The molecule has 1 saturated heterocycles. The van der Waals surface area contributed by atoms with Gasteiger partial charge in [0, 0.05) is 13.0 Å². The Hall–Kier alpha value is -1.04. The summed E-state index contributed by atoms with van der Waals surface area (Å²) >= 11 is 0. The van der Waals surface area contributed by atoms with Gasteiger partial charge in [0.05, 0.1) is 6.10 Å². The molecule has 0 unspecified atom stereocenters. The monoisotopic (exact) mass is 208 g/mol. The summed E-state index contributed by atoms with van der Waals surface area (Å²) in [6, 6.07) is 6.68. The van der Waals surface area contributed by atoms with Gasteiger partial charge >= 0.3 is 7.12 Å². The van der Waals surface area contributed by atoms with Crippen LogP contribution in [0.15, 0.2) is 24.3 Å². The van der Waals surface area contributed by atoms with Gasteiger partial charge in [-0.25, -0.2) is 0 Å². The van der Waals surface area contributed by atoms with Gasteiger partial charge in [0.2, 0.25) is 0 Å². The maximum absolute atomic E-state index is 8.87. The second kappa shape index (κ2) is 4.66. The molecule has 1 aromatic carbocycles. The third-order valence-corrected chi connectivity index (χ3v) is 2.41. The highest BCUT2D eigenvalue weighted by molar-refractivity contribution is 6.58. The van der Waals surface area contributed by atoms with E-state index in [1.807, 2.05) is 0 Å². The van der Waals surface area contributed by atoms with Crippen molar-refractivity contribution in [2.75, 3.05) is 13.2 Å². The van der Waals surface area contributed by atoms with Gasteiger partial charge in [0.25, 0.3) is 0 Å². The molecule has 1 aromatic rings. The molecule has 0 bridgehead atoms. The van der Waals surface area contributed by atoms with E-state index in [4.69, 9.17) is 19.5 Å². The van der Waals surface area contributed by atoms with Gasteiger partial charge in [-0.3, -0.25) is 0 Å². The number of rotatable bonds is 4. The van der Waals surface area contributed by atoms with Gasteiger partial charge < -0.3 is 19.5 Å². The van der Waals surface area contributed by atoms with E-state index in [1.165, 1.54) is 0 Å². The van der Waals surface area contributed by atoms with Crippen LogP contribution in [0.4, 0.5) is 0 Å². The smallest absolute Gasteiger partial charge is 0.488 e. The molecule has 5 heteroatoms. The van der Waals surface area contributed by atoms with Crippen molar-refractivity contribution in [1.82, 2.24) is 0 Å². The van der Waals surface area contributed by atoms with Crippen LogP contribution in [0.1, 0.15) is 6.42 Å². The van der Waals surface area contributed by atoms with Gasteiger partial charge in [-0.05, 0) is 17.6 Å². The standard InChI is InChI=1S/C10H13BO4/c12-11(13)8-1-3-9(4-2-8)15-7-10-5-6-14-10/h1-4,10,12-13H,5-7H2/t10-/m0/s1. The van der Waals surface area contributed by atoms with Gasteiger partial charge in [-0.15, -0.1) is 0 Å². The zero-order valence-electron chi connectivity index (χ0n) is 8.30. The van der Waals surface area contributed by atoms with Crippen molar-refractivity contribution in [2.24, 2.45) is 0 Å². The predicted molar refractivity (Wildman–Crippen MR) is 56.1 cm³/mol. The molecule has 0 amide bonds. The molecule has 1 aliphatic rings. The second-order valence-electron chi connectivity index (χ2n) is 3.54. The Morgan fingerprint density at radius 1 is 1.33 bits per heavy atom. The van der Waals surface area contributed by atoms with E-state index in [9.17, 15) is 0 Å². The average molecular weight is 208 g/mol. The van der Waals surface area contributed by atoms with E-state index in [2.05, 4.69) is 0 Å². The first kappa shape index (κ1) is 10.5. The van der Waals surface area contributed by atoms with Crippen molar-refractivity contribution in [3.8, 4) is 5.75 Å². The zero-order chi connectivity index (χ0) is 10.7. The fourth-order valence-electron chi connectivity index (χ4n) is 1.34. The summed E-state index contributed by atoms with van der Waals surface area (Å²) in [4.78, 5) is 0. The Bertz CT molecular complexity index is 308. The first-order chi connectivity index (χ1) is 7.25. The van der Waals surface area contributed by atoms with E-state index in [0.717, 1.165) is 18.8 Å². The molecule has 0 radical (unpaired) electrons. The molecule has 0 spiro atoms. The van der Waals surface area contributed by atoms with Crippen molar-refractivity contribution in [3.05, 3.63) is 24.3 Å². The highest BCUT2D eigenvalue weighted by Crippen LogP contribution is 2.14. The minimum Gasteiger partial charge on any atom is -0.491 e. The molecular weight excluding hydrogens is 195 g/mol. The molecule has 2 N–H and O–H groups in total. The van der Waals surface area contributed by atoms with Gasteiger partial charge in [-0.1, -0.05) is 12.1 Å². The van der Waals surface area contributed by atoms with E-state index in [-0.39, 0.29) is 6.10 Å². The van der Waals surface area contributed by atoms with E-state index in [1.54, 1.807) is 24.3 Å². The Kier molecular flexibility index (Phi) is 3.25. The van der Waals surface area contributed by atoms with Crippen LogP contribution in [0.3, 0.4) is 0 Å². The summed E-state index contributed by atoms with van der Waals surface area (Å²) in [5.74, 6) is 0.718. The molecule has 0 saturated carbocycles. The maximum atomic E-state index is 8.87. The van der Waals surface area contributed by atoms with Gasteiger partial charge in [-0.2, -0.15) is 0 Å². The highest BCUT2D eigenvalue weighted by atomic mass is 16.5. The van der Waals surface area contributed by atoms with Crippen molar-refractivity contribution < 1.29 is 19.5 Å². The van der Waals surface area contributed by atoms with Crippen LogP contribution in [0.2, 0.25) is 0 Å². The molecule has 0 aliphatic carbocycles. The Balaban J connectivity index is 1.86. The van der Waals surface area contributed by atoms with Crippen LogP contribution < -0.4 is 10.2 Å². The third-order valence-electron chi connectivity index (χ3n) is 2.41. The lowest BCUT2D eigenvalue weighted by molar-refractivity contribution is -0.0720. The minimum atomic E-state index is -1.42. The molecule has 0 aromatic heterocycles. The van der Waals surface area contributed by atoms with Gasteiger partial charge in [0.1, 0.15) is 12.4 Å². The maximum Gasteiger partial charge on any atom is 0.488 e. The molecule has 4 nitrogen and oxygen atoms in total. The number of benzene rings is 1. The van der Waals surface area contributed by atoms with Crippen LogP contribution in [0.5, 0.6) is 5.75 Å². The average Bonchev–Trinajstić information content (AvgIpc) is 2.16. The first-order valence-electron chi connectivity index (χ1n) is 4.96. The van der Waals surface area contributed by atoms with Gasteiger partial charge in [0.15, 0.2) is 0 Å². The summed E-state index contributed by atoms with van der Waals surface area (Å²) in [5.41, 5.74) is 0.460. The molecular formula is C10H13BO4. The molecule has 80 valence electrons. The fourth-order valence-corrected chi connectivity index (χ4v) is 1.34. The van der Waals surface area contributed by atoms with Crippen molar-refractivity contribution in [2.45, 2.75) is 12.5 Å². The summed E-state index contributed by atoms with van der Waals surface area (Å²) in [7, 11) is -1.42. The number of hydrogen-bond donors (Lipinski definition) is 2. The SMILES string of the molecule is OB(O)c1ccc(OC[C@@H]2CCO2)cc1. The molecule has 2 rings (SSSR count). The normalized spacial score (nSPS) is 19.5. The quantitative estimate of drug-likeness (QED) is 0.657. The van der Waals surface area contributed by atoms with E-state index < -0.39 is 7.12 Å². The Labute approximate surface area is 88.6 Å². The lowest BCUT2D eigenvalue weighted by atomic mass is 9.80. The van der Waals surface area contributed by atoms with Crippen LogP contribution >= 0.6 is 0 Å². The number of hydrogen-bond acceptors (Lipinski definition) is 4. The highest BCUT2D eigenvalue weighted by Gasteiger charge is 2.18. The van der Waals surface area contributed by atoms with E-state index >= 15 is 0 Å². The predicted octanol–water partition coefficient (Wildman–Crippen LogP) is -0.466. The Morgan fingerprint density at radius 2 is 2.00 bits per heavy atom. The summed E-state index contributed by atoms with van der Waals surface area (Å²) in [6.45, 7) is 1.38.